The molecular weight excluding hydrogens is 609 g/mol. The maximum absolute atomic E-state index is 6.38. The van der Waals surface area contributed by atoms with Crippen LogP contribution in [0.3, 0.4) is 0 Å². The van der Waals surface area contributed by atoms with E-state index in [1.807, 2.05) is 53.8 Å². The number of furan rings is 1. The predicted molar refractivity (Wildman–Crippen MR) is 200 cm³/mol. The molecule has 0 aliphatic heterocycles. The molecule has 0 saturated carbocycles. The SMILES string of the molecule is c1ccc(-c2nc3ccc4oc5ccc(-c6ccc(N(c7ccccc7)c7cccc8c7sc7ccccc78)cc6)cc5c4c3o2)cc1. The zero-order valence-corrected chi connectivity index (χ0v) is 26.4. The van der Waals surface area contributed by atoms with E-state index < -0.39 is 0 Å². The normalized spacial score (nSPS) is 11.8. The Morgan fingerprint density at radius 3 is 2.06 bits per heavy atom. The van der Waals surface area contributed by atoms with E-state index in [1.165, 1.54) is 25.9 Å². The summed E-state index contributed by atoms with van der Waals surface area (Å²) in [5.74, 6) is 0.605. The largest absolute Gasteiger partial charge is 0.456 e. The fraction of sp³-hybridized carbons (Fsp3) is 0. The molecule has 10 aromatic rings. The summed E-state index contributed by atoms with van der Waals surface area (Å²) in [6.45, 7) is 0. The van der Waals surface area contributed by atoms with Gasteiger partial charge in [-0.05, 0) is 83.9 Å². The van der Waals surface area contributed by atoms with E-state index in [9.17, 15) is 0 Å². The van der Waals surface area contributed by atoms with Crippen LogP contribution < -0.4 is 4.90 Å². The molecule has 0 unspecified atom stereocenters. The summed E-state index contributed by atoms with van der Waals surface area (Å²) in [4.78, 5) is 7.16. The van der Waals surface area contributed by atoms with Crippen LogP contribution >= 0.6 is 11.3 Å². The van der Waals surface area contributed by atoms with Gasteiger partial charge in [-0.2, -0.15) is 0 Å². The van der Waals surface area contributed by atoms with Crippen molar-refractivity contribution < 1.29 is 8.83 Å². The lowest BCUT2D eigenvalue weighted by Crippen LogP contribution is -2.09. The third kappa shape index (κ3) is 4.25. The van der Waals surface area contributed by atoms with Gasteiger partial charge >= 0.3 is 0 Å². The smallest absolute Gasteiger partial charge is 0.227 e. The minimum atomic E-state index is 0.605. The van der Waals surface area contributed by atoms with Crippen LogP contribution in [-0.4, -0.2) is 4.98 Å². The number of anilines is 3. The Morgan fingerprint density at radius 1 is 0.500 bits per heavy atom. The van der Waals surface area contributed by atoms with E-state index in [-0.39, 0.29) is 0 Å². The topological polar surface area (TPSA) is 42.4 Å². The molecule has 0 bridgehead atoms. The van der Waals surface area contributed by atoms with Crippen LogP contribution in [0.5, 0.6) is 0 Å². The summed E-state index contributed by atoms with van der Waals surface area (Å²) in [6.07, 6.45) is 0. The van der Waals surface area contributed by atoms with Crippen LogP contribution in [0.15, 0.2) is 167 Å². The zero-order chi connectivity index (χ0) is 31.6. The van der Waals surface area contributed by atoms with E-state index in [0.29, 0.717) is 5.89 Å². The Hall–Kier alpha value is -6.17. The molecule has 226 valence electrons. The average Bonchev–Trinajstić information content (AvgIpc) is 3.86. The number of benzene rings is 7. The maximum Gasteiger partial charge on any atom is 0.227 e. The summed E-state index contributed by atoms with van der Waals surface area (Å²) in [5.41, 5.74) is 9.73. The minimum Gasteiger partial charge on any atom is -0.456 e. The minimum absolute atomic E-state index is 0.605. The van der Waals surface area contributed by atoms with E-state index in [1.54, 1.807) is 0 Å². The van der Waals surface area contributed by atoms with Crippen molar-refractivity contribution in [3.8, 4) is 22.6 Å². The van der Waals surface area contributed by atoms with E-state index >= 15 is 0 Å². The highest BCUT2D eigenvalue weighted by molar-refractivity contribution is 7.26. The third-order valence-electron chi connectivity index (χ3n) is 9.11. The first-order valence-corrected chi connectivity index (χ1v) is 16.8. The molecule has 48 heavy (non-hydrogen) atoms. The van der Waals surface area contributed by atoms with Gasteiger partial charge in [-0.3, -0.25) is 0 Å². The van der Waals surface area contributed by atoms with Crippen LogP contribution in [0.25, 0.3) is 75.8 Å². The lowest BCUT2D eigenvalue weighted by Gasteiger charge is -2.26. The molecular formula is C43H26N2O2S. The van der Waals surface area contributed by atoms with E-state index in [4.69, 9.17) is 13.8 Å². The standard InChI is InChI=1S/C43H26N2O2S/c1-3-10-28(11-4-1)43-44-35-23-25-38-40(41(35)47-43)34-26-29(20-24-37(34)46-38)27-18-21-31(22-19-27)45(30-12-5-2-6-13-30)36-16-9-15-33-32-14-7-8-17-39(32)48-42(33)36/h1-26H. The van der Waals surface area contributed by atoms with Crippen molar-refractivity contribution >= 4 is 81.6 Å². The van der Waals surface area contributed by atoms with Gasteiger partial charge in [-0.1, -0.05) is 84.9 Å². The summed E-state index contributed by atoms with van der Waals surface area (Å²) >= 11 is 1.85. The Balaban J connectivity index is 1.09. The number of nitrogens with zero attached hydrogens (tertiary/aromatic N) is 2. The quantitative estimate of drug-likeness (QED) is 0.189. The van der Waals surface area contributed by atoms with Gasteiger partial charge in [0.2, 0.25) is 5.89 Å². The highest BCUT2D eigenvalue weighted by atomic mass is 32.1. The van der Waals surface area contributed by atoms with Crippen LogP contribution in [0.1, 0.15) is 0 Å². The Morgan fingerprint density at radius 2 is 1.21 bits per heavy atom. The van der Waals surface area contributed by atoms with Crippen LogP contribution in [0, 0.1) is 0 Å². The number of oxazole rings is 1. The first-order chi connectivity index (χ1) is 23.8. The molecule has 0 spiro atoms. The average molecular weight is 635 g/mol. The Labute approximate surface area is 279 Å². The van der Waals surface area contributed by atoms with Gasteiger partial charge in [0.25, 0.3) is 0 Å². The molecule has 5 heteroatoms. The highest BCUT2D eigenvalue weighted by Crippen LogP contribution is 2.45. The molecule has 0 amide bonds. The van der Waals surface area contributed by atoms with Crippen molar-refractivity contribution in [2.24, 2.45) is 0 Å². The van der Waals surface area contributed by atoms with Crippen LogP contribution in [-0.2, 0) is 0 Å². The third-order valence-corrected chi connectivity index (χ3v) is 10.3. The van der Waals surface area contributed by atoms with Gasteiger partial charge < -0.3 is 13.7 Å². The fourth-order valence-electron chi connectivity index (χ4n) is 6.85. The van der Waals surface area contributed by atoms with Gasteiger partial charge in [0.1, 0.15) is 16.7 Å². The number of rotatable bonds is 5. The second kappa shape index (κ2) is 10.7. The first kappa shape index (κ1) is 27.0. The van der Waals surface area contributed by atoms with Gasteiger partial charge in [0, 0.05) is 37.8 Å². The van der Waals surface area contributed by atoms with E-state index in [0.717, 1.165) is 61.1 Å². The number of aromatic nitrogens is 1. The van der Waals surface area contributed by atoms with Crippen molar-refractivity contribution in [1.29, 1.82) is 0 Å². The number of hydrogen-bond donors (Lipinski definition) is 0. The summed E-state index contributed by atoms with van der Waals surface area (Å²) in [6, 6.07) is 55.1. The maximum atomic E-state index is 6.38. The molecule has 0 N–H and O–H groups in total. The van der Waals surface area contributed by atoms with Crippen molar-refractivity contribution in [2.75, 3.05) is 4.90 Å². The van der Waals surface area contributed by atoms with Crippen molar-refractivity contribution in [2.45, 2.75) is 0 Å². The molecule has 0 fully saturated rings. The van der Waals surface area contributed by atoms with Gasteiger partial charge in [-0.25, -0.2) is 4.98 Å². The summed E-state index contributed by atoms with van der Waals surface area (Å²) in [5, 5.41) is 4.53. The molecule has 3 aromatic heterocycles. The Kier molecular flexibility index (Phi) is 6.01. The summed E-state index contributed by atoms with van der Waals surface area (Å²) < 4.78 is 15.2. The molecule has 0 saturated heterocycles. The summed E-state index contributed by atoms with van der Waals surface area (Å²) in [7, 11) is 0. The zero-order valence-electron chi connectivity index (χ0n) is 25.6. The van der Waals surface area contributed by atoms with E-state index in [2.05, 4.69) is 120 Å². The van der Waals surface area contributed by atoms with Gasteiger partial charge in [0.05, 0.1) is 15.8 Å². The van der Waals surface area contributed by atoms with Crippen molar-refractivity contribution in [3.05, 3.63) is 158 Å². The molecule has 0 aliphatic carbocycles. The van der Waals surface area contributed by atoms with Gasteiger partial charge in [0.15, 0.2) is 5.58 Å². The molecule has 10 rings (SSSR count). The molecule has 7 aromatic carbocycles. The van der Waals surface area contributed by atoms with Crippen LogP contribution in [0.2, 0.25) is 0 Å². The second-order valence-corrected chi connectivity index (χ2v) is 13.0. The Bertz CT molecular complexity index is 2780. The van der Waals surface area contributed by atoms with Gasteiger partial charge in [-0.15, -0.1) is 11.3 Å². The molecule has 0 radical (unpaired) electrons. The second-order valence-electron chi connectivity index (χ2n) is 12.0. The lowest BCUT2D eigenvalue weighted by atomic mass is 10.0. The molecule has 4 nitrogen and oxygen atoms in total. The monoisotopic (exact) mass is 634 g/mol. The number of fused-ring (bicyclic) bond motifs is 8. The number of hydrogen-bond acceptors (Lipinski definition) is 5. The molecule has 0 aliphatic rings. The van der Waals surface area contributed by atoms with Crippen molar-refractivity contribution in [3.63, 3.8) is 0 Å². The molecule has 0 atom stereocenters. The predicted octanol–water partition coefficient (Wildman–Crippen LogP) is 12.9. The lowest BCUT2D eigenvalue weighted by molar-refractivity contribution is 0.622. The fourth-order valence-corrected chi connectivity index (χ4v) is 8.05. The first-order valence-electron chi connectivity index (χ1n) is 16.0. The number of thiophene rings is 1. The molecule has 3 heterocycles. The van der Waals surface area contributed by atoms with Crippen molar-refractivity contribution in [1.82, 2.24) is 4.98 Å². The number of para-hydroxylation sites is 1. The van der Waals surface area contributed by atoms with Crippen LogP contribution in [0.4, 0.5) is 17.1 Å². The highest BCUT2D eigenvalue weighted by Gasteiger charge is 2.19.